The van der Waals surface area contributed by atoms with Gasteiger partial charge in [-0.2, -0.15) is 8.78 Å². The van der Waals surface area contributed by atoms with Crippen LogP contribution in [0.4, 0.5) is 13.6 Å². The van der Waals surface area contributed by atoms with Crippen molar-refractivity contribution < 1.29 is 18.3 Å². The Balaban J connectivity index is 1.59. The number of hydrogen-bond donors (Lipinski definition) is 1. The number of carbonyl (C=O) groups excluding carboxylic acids is 1. The zero-order valence-electron chi connectivity index (χ0n) is 19.0. The van der Waals surface area contributed by atoms with E-state index in [1.807, 2.05) is 27.7 Å². The van der Waals surface area contributed by atoms with E-state index in [1.54, 1.807) is 35.4 Å². The maximum atomic E-state index is 15.2. The molecular formula is C25H26BrF2N3O2. The minimum absolute atomic E-state index is 0.00175. The van der Waals surface area contributed by atoms with Crippen molar-refractivity contribution in [2.45, 2.75) is 52.2 Å². The van der Waals surface area contributed by atoms with Crippen LogP contribution in [0.3, 0.4) is 0 Å². The van der Waals surface area contributed by atoms with Crippen LogP contribution in [-0.4, -0.2) is 33.1 Å². The number of imidazole rings is 1. The summed E-state index contributed by atoms with van der Waals surface area (Å²) < 4.78 is 36.5. The highest BCUT2D eigenvalue weighted by Crippen LogP contribution is 2.52. The maximum absolute atomic E-state index is 15.2. The molecule has 0 unspecified atom stereocenters. The van der Waals surface area contributed by atoms with Gasteiger partial charge in [0.15, 0.2) is 0 Å². The zero-order valence-corrected chi connectivity index (χ0v) is 20.6. The first-order chi connectivity index (χ1) is 15.5. The minimum Gasteiger partial charge on any atom is -0.444 e. The zero-order chi connectivity index (χ0) is 24.0. The third-order valence-corrected chi connectivity index (χ3v) is 5.89. The molecule has 4 rings (SSSR count). The van der Waals surface area contributed by atoms with E-state index in [4.69, 9.17) is 4.74 Å². The van der Waals surface area contributed by atoms with E-state index in [9.17, 15) is 4.79 Å². The third-order valence-electron chi connectivity index (χ3n) is 5.39. The van der Waals surface area contributed by atoms with Crippen LogP contribution in [0, 0.1) is 0 Å². The lowest BCUT2D eigenvalue weighted by Crippen LogP contribution is -2.37. The number of rotatable bonds is 5. The smallest absolute Gasteiger partial charge is 0.410 e. The summed E-state index contributed by atoms with van der Waals surface area (Å²) in [6, 6.07) is 10.0. The highest BCUT2D eigenvalue weighted by molar-refractivity contribution is 9.10. The van der Waals surface area contributed by atoms with Crippen LogP contribution in [-0.2, 0) is 17.2 Å². The summed E-state index contributed by atoms with van der Waals surface area (Å²) in [6.07, 6.45) is 1.96. The van der Waals surface area contributed by atoms with Gasteiger partial charge in [0, 0.05) is 27.7 Å². The van der Waals surface area contributed by atoms with Gasteiger partial charge in [0.2, 0.25) is 0 Å². The van der Waals surface area contributed by atoms with Gasteiger partial charge in [-0.1, -0.05) is 41.1 Å². The molecule has 3 aromatic rings. The van der Waals surface area contributed by atoms with Crippen molar-refractivity contribution in [3.8, 4) is 22.4 Å². The number of fused-ring (bicyclic) bond motifs is 3. The number of ether oxygens (including phenoxy) is 1. The summed E-state index contributed by atoms with van der Waals surface area (Å²) in [5, 5.41) is 0. The molecule has 1 aromatic heterocycles. The lowest BCUT2D eigenvalue weighted by Gasteiger charge is -2.26. The van der Waals surface area contributed by atoms with Crippen LogP contribution in [0.2, 0.25) is 0 Å². The number of aromatic amines is 1. The third kappa shape index (κ3) is 4.67. The first kappa shape index (κ1) is 23.4. The molecule has 1 N–H and O–H groups in total. The quantitative estimate of drug-likeness (QED) is 0.392. The van der Waals surface area contributed by atoms with E-state index in [0.717, 1.165) is 6.42 Å². The molecule has 0 bridgehead atoms. The topological polar surface area (TPSA) is 58.2 Å². The lowest BCUT2D eigenvalue weighted by molar-refractivity contribution is 0.0229. The molecule has 1 aliphatic rings. The van der Waals surface area contributed by atoms with Crippen molar-refractivity contribution >= 4 is 22.0 Å². The van der Waals surface area contributed by atoms with Gasteiger partial charge in [0.25, 0.3) is 5.92 Å². The number of benzene rings is 2. The second-order valence-corrected chi connectivity index (χ2v) is 10.1. The number of hydrogen-bond acceptors (Lipinski definition) is 3. The summed E-state index contributed by atoms with van der Waals surface area (Å²) in [7, 11) is 0. The summed E-state index contributed by atoms with van der Waals surface area (Å²) >= 11 is 3.29. The molecule has 0 aliphatic heterocycles. The molecule has 0 radical (unpaired) electrons. The van der Waals surface area contributed by atoms with Crippen molar-refractivity contribution in [2.24, 2.45) is 0 Å². The van der Waals surface area contributed by atoms with Gasteiger partial charge in [0.1, 0.15) is 11.4 Å². The van der Waals surface area contributed by atoms with E-state index >= 15 is 8.78 Å². The standard InChI is InChI=1S/C25H26BrF2N3O2/c1-5-10-31(23(32)33-24(2,3)4)14-22-29-13-21(30-22)15-6-8-17-18-9-7-16(26)12-20(18)25(27,28)19(17)11-15/h6-9,11-13H,5,10,14H2,1-4H3,(H,29,30). The van der Waals surface area contributed by atoms with Gasteiger partial charge in [-0.3, -0.25) is 0 Å². The molecule has 0 spiro atoms. The summed E-state index contributed by atoms with van der Waals surface area (Å²) in [5.74, 6) is -2.52. The lowest BCUT2D eigenvalue weighted by atomic mass is 10.0. The Bertz CT molecular complexity index is 1200. The Labute approximate surface area is 200 Å². The summed E-state index contributed by atoms with van der Waals surface area (Å²) in [5.41, 5.74) is 1.68. The van der Waals surface area contributed by atoms with Crippen LogP contribution in [0.1, 0.15) is 51.1 Å². The molecule has 8 heteroatoms. The number of alkyl halides is 2. The molecule has 0 fully saturated rings. The SMILES string of the molecule is CCCN(Cc1ncc(-c2ccc3c(c2)C(F)(F)c2cc(Br)ccc2-3)[nH]1)C(=O)OC(C)(C)C. The minimum atomic E-state index is -3.08. The highest BCUT2D eigenvalue weighted by atomic mass is 79.9. The Hall–Kier alpha value is -2.74. The van der Waals surface area contributed by atoms with E-state index in [1.165, 1.54) is 12.1 Å². The highest BCUT2D eigenvalue weighted by Gasteiger charge is 2.44. The number of nitrogens with one attached hydrogen (secondary N) is 1. The van der Waals surface area contributed by atoms with Gasteiger partial charge >= 0.3 is 6.09 Å². The van der Waals surface area contributed by atoms with Gasteiger partial charge in [-0.05, 0) is 56.5 Å². The van der Waals surface area contributed by atoms with Crippen molar-refractivity contribution in [3.63, 3.8) is 0 Å². The molecule has 1 aliphatic carbocycles. The molecule has 33 heavy (non-hydrogen) atoms. The van der Waals surface area contributed by atoms with E-state index in [0.29, 0.717) is 39.2 Å². The Morgan fingerprint density at radius 2 is 1.82 bits per heavy atom. The second-order valence-electron chi connectivity index (χ2n) is 9.17. The molecule has 0 atom stereocenters. The second kappa shape index (κ2) is 8.56. The molecule has 5 nitrogen and oxygen atoms in total. The number of aromatic nitrogens is 2. The molecule has 1 amide bonds. The number of halogens is 3. The van der Waals surface area contributed by atoms with Crippen molar-refractivity contribution in [1.29, 1.82) is 0 Å². The number of amides is 1. The Morgan fingerprint density at radius 3 is 2.48 bits per heavy atom. The molecule has 0 saturated heterocycles. The maximum Gasteiger partial charge on any atom is 0.410 e. The Morgan fingerprint density at radius 1 is 1.15 bits per heavy atom. The summed E-state index contributed by atoms with van der Waals surface area (Å²) in [6.45, 7) is 8.20. The first-order valence-electron chi connectivity index (χ1n) is 10.8. The monoisotopic (exact) mass is 517 g/mol. The van der Waals surface area contributed by atoms with Crippen LogP contribution in [0.15, 0.2) is 47.1 Å². The molecule has 1 heterocycles. The fraction of sp³-hybridized carbons (Fsp3) is 0.360. The molecule has 0 saturated carbocycles. The Kier molecular flexibility index (Phi) is 6.07. The van der Waals surface area contributed by atoms with Gasteiger partial charge in [-0.15, -0.1) is 0 Å². The van der Waals surface area contributed by atoms with Crippen molar-refractivity contribution in [2.75, 3.05) is 6.54 Å². The van der Waals surface area contributed by atoms with Gasteiger partial charge in [0.05, 0.1) is 18.4 Å². The predicted molar refractivity (Wildman–Crippen MR) is 127 cm³/mol. The number of nitrogens with zero attached hydrogens (tertiary/aromatic N) is 2. The van der Waals surface area contributed by atoms with Crippen LogP contribution >= 0.6 is 15.9 Å². The average molecular weight is 518 g/mol. The average Bonchev–Trinajstić information content (AvgIpc) is 3.28. The van der Waals surface area contributed by atoms with E-state index < -0.39 is 17.6 Å². The predicted octanol–water partition coefficient (Wildman–Crippen LogP) is 7.11. The van der Waals surface area contributed by atoms with Gasteiger partial charge in [-0.25, -0.2) is 9.78 Å². The number of H-pyrrole nitrogens is 1. The number of carbonyl (C=O) groups is 1. The summed E-state index contributed by atoms with van der Waals surface area (Å²) in [4.78, 5) is 21.7. The van der Waals surface area contributed by atoms with E-state index in [-0.39, 0.29) is 17.7 Å². The largest absolute Gasteiger partial charge is 0.444 e. The molecule has 174 valence electrons. The van der Waals surface area contributed by atoms with Crippen molar-refractivity contribution in [1.82, 2.24) is 14.9 Å². The van der Waals surface area contributed by atoms with Crippen molar-refractivity contribution in [3.05, 3.63) is 64.0 Å². The fourth-order valence-electron chi connectivity index (χ4n) is 3.96. The normalized spacial score (nSPS) is 14.0. The van der Waals surface area contributed by atoms with Gasteiger partial charge < -0.3 is 14.6 Å². The van der Waals surface area contributed by atoms with Crippen LogP contribution in [0.25, 0.3) is 22.4 Å². The van der Waals surface area contributed by atoms with Crippen LogP contribution < -0.4 is 0 Å². The molecule has 2 aromatic carbocycles. The first-order valence-corrected chi connectivity index (χ1v) is 11.6. The van der Waals surface area contributed by atoms with E-state index in [2.05, 4.69) is 25.9 Å². The van der Waals surface area contributed by atoms with Crippen LogP contribution in [0.5, 0.6) is 0 Å². The molecular weight excluding hydrogens is 492 g/mol. The fourth-order valence-corrected chi connectivity index (χ4v) is 4.33.